The molecule has 50 heavy (non-hydrogen) atoms. The van der Waals surface area contributed by atoms with Gasteiger partial charge in [0.2, 0.25) is 11.8 Å². The number of allylic oxidation sites excluding steroid dienone is 1. The highest BCUT2D eigenvalue weighted by molar-refractivity contribution is 5.87. The Bertz CT molecular complexity index is 864. The van der Waals surface area contributed by atoms with Gasteiger partial charge in [0.15, 0.2) is 0 Å². The lowest BCUT2D eigenvalue weighted by Crippen LogP contribution is -2.47. The number of nitrogens with one attached hydrogen (secondary N) is 2. The van der Waals surface area contributed by atoms with Gasteiger partial charge in [-0.25, -0.2) is 4.79 Å². The lowest BCUT2D eigenvalue weighted by Gasteiger charge is -2.15. The van der Waals surface area contributed by atoms with E-state index < -0.39 is 24.5 Å². The van der Waals surface area contributed by atoms with Crippen molar-refractivity contribution in [2.75, 3.05) is 13.2 Å². The third-order valence-corrected chi connectivity index (χ3v) is 9.25. The maximum Gasteiger partial charge on any atom is 0.328 e. The number of hydrogen-bond acceptors (Lipinski definition) is 6. The van der Waals surface area contributed by atoms with E-state index in [2.05, 4.69) is 36.6 Å². The maximum absolute atomic E-state index is 12.7. The van der Waals surface area contributed by atoms with E-state index in [0.717, 1.165) is 57.8 Å². The number of aliphatic hydroxyl groups excluding tert-OH is 1. The van der Waals surface area contributed by atoms with Crippen molar-refractivity contribution in [2.45, 2.75) is 212 Å². The molecule has 2 amide bonds. The molecule has 0 aliphatic rings. The number of amides is 2. The molecule has 0 aromatic heterocycles. The number of carboxylic acids is 1. The number of aliphatic carboxylic acids is 1. The summed E-state index contributed by atoms with van der Waals surface area (Å²) in [5.74, 6) is -2.31. The van der Waals surface area contributed by atoms with E-state index in [9.17, 15) is 19.2 Å². The third-order valence-electron chi connectivity index (χ3n) is 9.25. The van der Waals surface area contributed by atoms with Gasteiger partial charge in [0, 0.05) is 12.8 Å². The Labute approximate surface area is 305 Å². The average Bonchev–Trinajstić information content (AvgIpc) is 3.10. The molecule has 4 N–H and O–H groups in total. The fraction of sp³-hybridized carbons (Fsp3) is 0.854. The van der Waals surface area contributed by atoms with E-state index >= 15 is 0 Å². The minimum absolute atomic E-state index is 0.0758. The van der Waals surface area contributed by atoms with Crippen molar-refractivity contribution in [3.8, 4) is 0 Å². The Hall–Kier alpha value is -2.42. The van der Waals surface area contributed by atoms with Gasteiger partial charge in [-0.05, 0) is 44.6 Å². The third kappa shape index (κ3) is 32.8. The van der Waals surface area contributed by atoms with Gasteiger partial charge in [-0.3, -0.25) is 14.4 Å². The van der Waals surface area contributed by atoms with E-state index in [-0.39, 0.29) is 24.5 Å². The maximum atomic E-state index is 12.7. The number of aliphatic hydroxyl groups is 1. The molecule has 0 radical (unpaired) electrons. The number of ether oxygens (including phenoxy) is 1. The van der Waals surface area contributed by atoms with Gasteiger partial charge in [-0.1, -0.05) is 155 Å². The van der Waals surface area contributed by atoms with Crippen molar-refractivity contribution in [1.29, 1.82) is 0 Å². The molecule has 0 aromatic carbocycles. The predicted molar refractivity (Wildman–Crippen MR) is 204 cm³/mol. The Kier molecular flexibility index (Phi) is 34.6. The number of rotatable bonds is 37. The number of esters is 1. The SMILES string of the molecule is CCCCCCCC/C=C\C(CCCCCCCCC(=O)NCC(=O)NC(CO)C(=O)O)OC(=O)CCCCCCCCCCCCCCC. The van der Waals surface area contributed by atoms with Gasteiger partial charge in [0.25, 0.3) is 0 Å². The van der Waals surface area contributed by atoms with Crippen LogP contribution in [0.5, 0.6) is 0 Å². The molecule has 9 nitrogen and oxygen atoms in total. The van der Waals surface area contributed by atoms with Gasteiger partial charge in [-0.15, -0.1) is 0 Å². The summed E-state index contributed by atoms with van der Waals surface area (Å²) in [6.07, 6.45) is 36.8. The molecule has 0 fully saturated rings. The number of hydrogen-bond donors (Lipinski definition) is 4. The van der Waals surface area contributed by atoms with Crippen LogP contribution in [0.3, 0.4) is 0 Å². The summed E-state index contributed by atoms with van der Waals surface area (Å²) in [6, 6.07) is -1.38. The van der Waals surface area contributed by atoms with E-state index in [1.807, 2.05) is 0 Å². The Morgan fingerprint density at radius 1 is 0.600 bits per heavy atom. The summed E-state index contributed by atoms with van der Waals surface area (Å²) in [4.78, 5) is 47.3. The molecule has 0 aromatic rings. The smallest absolute Gasteiger partial charge is 0.328 e. The monoisotopic (exact) mass is 709 g/mol. The highest BCUT2D eigenvalue weighted by Gasteiger charge is 2.18. The van der Waals surface area contributed by atoms with Crippen LogP contribution in [-0.4, -0.2) is 59.3 Å². The first-order valence-electron chi connectivity index (χ1n) is 20.6. The van der Waals surface area contributed by atoms with Gasteiger partial charge >= 0.3 is 11.9 Å². The quantitative estimate of drug-likeness (QED) is 0.0286. The normalized spacial score (nSPS) is 12.5. The molecule has 9 heteroatoms. The first-order valence-corrected chi connectivity index (χ1v) is 20.6. The Balaban J connectivity index is 4.22. The Morgan fingerprint density at radius 3 is 1.56 bits per heavy atom. The van der Waals surface area contributed by atoms with Crippen LogP contribution in [0.2, 0.25) is 0 Å². The molecule has 0 saturated carbocycles. The van der Waals surface area contributed by atoms with Crippen LogP contribution in [0.4, 0.5) is 0 Å². The van der Waals surface area contributed by atoms with Crippen molar-refractivity contribution < 1.29 is 34.1 Å². The molecule has 0 spiro atoms. The standard InChI is InChI=1S/C41H76N2O7/c1-3-5-7-9-11-13-14-15-16-17-19-25-29-33-40(47)50-36(30-26-22-18-12-10-8-6-4-2)31-27-23-20-21-24-28-32-38(45)42-34-39(46)43-37(35-44)41(48)49/h26,30,36-37,44H,3-25,27-29,31-35H2,1-2H3,(H,42,45)(H,43,46)(H,48,49)/b30-26-. The van der Waals surface area contributed by atoms with Crippen molar-refractivity contribution in [1.82, 2.24) is 10.6 Å². The second-order valence-electron chi connectivity index (χ2n) is 14.1. The molecule has 0 bridgehead atoms. The van der Waals surface area contributed by atoms with E-state index in [0.29, 0.717) is 19.3 Å². The lowest BCUT2D eigenvalue weighted by molar-refractivity contribution is -0.147. The zero-order valence-corrected chi connectivity index (χ0v) is 32.2. The summed E-state index contributed by atoms with van der Waals surface area (Å²) in [7, 11) is 0. The summed E-state index contributed by atoms with van der Waals surface area (Å²) in [5.41, 5.74) is 0. The van der Waals surface area contributed by atoms with Gasteiger partial charge < -0.3 is 25.6 Å². The topological polar surface area (TPSA) is 142 Å². The number of unbranched alkanes of at least 4 members (excludes halogenated alkanes) is 23. The highest BCUT2D eigenvalue weighted by atomic mass is 16.5. The number of carbonyl (C=O) groups is 4. The molecule has 0 aliphatic heterocycles. The van der Waals surface area contributed by atoms with E-state index in [1.165, 1.54) is 109 Å². The first kappa shape index (κ1) is 47.6. The van der Waals surface area contributed by atoms with Gasteiger partial charge in [0.1, 0.15) is 12.1 Å². The fourth-order valence-electron chi connectivity index (χ4n) is 6.04. The van der Waals surface area contributed by atoms with E-state index in [1.54, 1.807) is 0 Å². The molecular formula is C41H76N2O7. The summed E-state index contributed by atoms with van der Waals surface area (Å²) in [5, 5.41) is 22.5. The van der Waals surface area contributed by atoms with Crippen LogP contribution in [0.25, 0.3) is 0 Å². The van der Waals surface area contributed by atoms with Crippen LogP contribution < -0.4 is 10.6 Å². The summed E-state index contributed by atoms with van der Waals surface area (Å²) < 4.78 is 5.93. The minimum Gasteiger partial charge on any atom is -0.480 e. The first-order chi connectivity index (χ1) is 24.3. The molecular weight excluding hydrogens is 632 g/mol. The number of carbonyl (C=O) groups excluding carboxylic acids is 3. The van der Waals surface area contributed by atoms with Crippen LogP contribution in [-0.2, 0) is 23.9 Å². The molecule has 2 unspecified atom stereocenters. The van der Waals surface area contributed by atoms with Crippen molar-refractivity contribution in [3.63, 3.8) is 0 Å². The second kappa shape index (κ2) is 36.4. The van der Waals surface area contributed by atoms with E-state index in [4.69, 9.17) is 14.9 Å². The van der Waals surface area contributed by atoms with Crippen molar-refractivity contribution in [2.24, 2.45) is 0 Å². The van der Waals surface area contributed by atoms with Gasteiger partial charge in [0.05, 0.1) is 13.2 Å². The van der Waals surface area contributed by atoms with Crippen molar-refractivity contribution in [3.05, 3.63) is 12.2 Å². The predicted octanol–water partition coefficient (Wildman–Crippen LogP) is 9.49. The van der Waals surface area contributed by atoms with Crippen LogP contribution in [0.15, 0.2) is 12.2 Å². The minimum atomic E-state index is -1.38. The molecule has 0 aliphatic carbocycles. The van der Waals surface area contributed by atoms with Crippen LogP contribution in [0.1, 0.15) is 200 Å². The van der Waals surface area contributed by atoms with Crippen LogP contribution in [0, 0.1) is 0 Å². The zero-order valence-electron chi connectivity index (χ0n) is 32.2. The molecule has 2 atom stereocenters. The lowest BCUT2D eigenvalue weighted by atomic mass is 10.0. The molecule has 0 rings (SSSR count). The molecule has 0 saturated heterocycles. The fourth-order valence-corrected chi connectivity index (χ4v) is 6.04. The number of carboxylic acid groups (broad SMARTS) is 1. The average molecular weight is 709 g/mol. The highest BCUT2D eigenvalue weighted by Crippen LogP contribution is 2.16. The van der Waals surface area contributed by atoms with Crippen molar-refractivity contribution >= 4 is 23.8 Å². The molecule has 0 heterocycles. The zero-order chi connectivity index (χ0) is 36.9. The van der Waals surface area contributed by atoms with Crippen LogP contribution >= 0.6 is 0 Å². The summed E-state index contributed by atoms with van der Waals surface area (Å²) >= 11 is 0. The van der Waals surface area contributed by atoms with Gasteiger partial charge in [-0.2, -0.15) is 0 Å². The summed E-state index contributed by atoms with van der Waals surface area (Å²) in [6.45, 7) is 3.47. The molecule has 292 valence electrons. The largest absolute Gasteiger partial charge is 0.480 e. The second-order valence-corrected chi connectivity index (χ2v) is 14.1. The Morgan fingerprint density at radius 2 is 1.06 bits per heavy atom.